The molecule has 0 unspecified atom stereocenters. The number of ketones is 1. The highest BCUT2D eigenvalue weighted by Crippen LogP contribution is 2.23. The van der Waals surface area contributed by atoms with Crippen molar-refractivity contribution in [2.24, 2.45) is 0 Å². The van der Waals surface area contributed by atoms with Gasteiger partial charge < -0.3 is 10.1 Å². The molecule has 0 bridgehead atoms. The summed E-state index contributed by atoms with van der Waals surface area (Å²) in [6, 6.07) is 10.9. The predicted octanol–water partition coefficient (Wildman–Crippen LogP) is 3.11. The van der Waals surface area contributed by atoms with E-state index in [1.165, 1.54) is 25.3 Å². The number of carbonyl (C=O) groups excluding carboxylic acids is 1. The second-order valence-corrected chi connectivity index (χ2v) is 4.00. The van der Waals surface area contributed by atoms with E-state index in [-0.39, 0.29) is 11.3 Å². The number of hydrogen-bond acceptors (Lipinski definition) is 3. The molecule has 0 aliphatic rings. The van der Waals surface area contributed by atoms with Gasteiger partial charge >= 0.3 is 0 Å². The molecule has 0 fully saturated rings. The zero-order valence-corrected chi connectivity index (χ0v) is 10.7. The lowest BCUT2D eigenvalue weighted by atomic mass is 10.0. The van der Waals surface area contributed by atoms with Crippen molar-refractivity contribution in [1.82, 2.24) is 0 Å². The third-order valence-electron chi connectivity index (χ3n) is 2.82. The van der Waals surface area contributed by atoms with E-state index >= 15 is 0 Å². The summed E-state index contributed by atoms with van der Waals surface area (Å²) in [5.74, 6) is -0.372. The van der Waals surface area contributed by atoms with E-state index in [2.05, 4.69) is 5.32 Å². The van der Waals surface area contributed by atoms with Crippen LogP contribution in [0.25, 0.3) is 0 Å². The lowest BCUT2D eigenvalue weighted by molar-refractivity contribution is 0.103. The van der Waals surface area contributed by atoms with E-state index in [1.54, 1.807) is 25.2 Å². The summed E-state index contributed by atoms with van der Waals surface area (Å²) in [5.41, 5.74) is 1.52. The molecule has 2 rings (SSSR count). The molecule has 0 atom stereocenters. The Morgan fingerprint density at radius 1 is 1.21 bits per heavy atom. The Balaban J connectivity index is 2.46. The predicted molar refractivity (Wildman–Crippen MR) is 72.4 cm³/mol. The number of halogens is 1. The minimum Gasteiger partial charge on any atom is -0.496 e. The van der Waals surface area contributed by atoms with Crippen LogP contribution in [-0.4, -0.2) is 19.9 Å². The highest BCUT2D eigenvalue weighted by Gasteiger charge is 2.15. The Morgan fingerprint density at radius 3 is 2.68 bits per heavy atom. The maximum absolute atomic E-state index is 13.3. The molecule has 1 N–H and O–H groups in total. The maximum Gasteiger partial charge on any atom is 0.196 e. The van der Waals surface area contributed by atoms with Crippen LogP contribution in [0.15, 0.2) is 42.5 Å². The number of rotatable bonds is 4. The van der Waals surface area contributed by atoms with Gasteiger partial charge in [-0.2, -0.15) is 0 Å². The molecule has 98 valence electrons. The summed E-state index contributed by atoms with van der Waals surface area (Å²) in [4.78, 5) is 12.4. The molecule has 2 aromatic rings. The Morgan fingerprint density at radius 2 is 2.00 bits per heavy atom. The number of methoxy groups -OCH3 is 1. The molecule has 0 saturated heterocycles. The first-order valence-corrected chi connectivity index (χ1v) is 5.81. The zero-order valence-electron chi connectivity index (χ0n) is 10.7. The van der Waals surface area contributed by atoms with Crippen LogP contribution < -0.4 is 10.1 Å². The Hall–Kier alpha value is -2.36. The van der Waals surface area contributed by atoms with Crippen molar-refractivity contribution >= 4 is 11.5 Å². The molecule has 19 heavy (non-hydrogen) atoms. The van der Waals surface area contributed by atoms with Crippen molar-refractivity contribution < 1.29 is 13.9 Å². The Bertz CT molecular complexity index is 611. The lowest BCUT2D eigenvalue weighted by Gasteiger charge is -2.08. The molecule has 0 heterocycles. The molecule has 0 aliphatic carbocycles. The van der Waals surface area contributed by atoms with Gasteiger partial charge in [-0.1, -0.05) is 12.1 Å². The summed E-state index contributed by atoms with van der Waals surface area (Å²) in [6.07, 6.45) is 0. The quantitative estimate of drug-likeness (QED) is 0.857. The van der Waals surface area contributed by atoms with Gasteiger partial charge in [0.2, 0.25) is 0 Å². The van der Waals surface area contributed by atoms with E-state index in [9.17, 15) is 9.18 Å². The summed E-state index contributed by atoms with van der Waals surface area (Å²) >= 11 is 0. The van der Waals surface area contributed by atoms with E-state index < -0.39 is 5.82 Å². The van der Waals surface area contributed by atoms with Crippen LogP contribution in [0, 0.1) is 5.82 Å². The number of nitrogens with one attached hydrogen (secondary N) is 1. The molecular weight excluding hydrogens is 245 g/mol. The van der Waals surface area contributed by atoms with Crippen molar-refractivity contribution in [3.63, 3.8) is 0 Å². The first-order valence-electron chi connectivity index (χ1n) is 5.81. The maximum atomic E-state index is 13.3. The van der Waals surface area contributed by atoms with E-state index in [0.717, 1.165) is 5.69 Å². The molecule has 0 amide bonds. The van der Waals surface area contributed by atoms with Gasteiger partial charge in [0.25, 0.3) is 0 Å². The largest absolute Gasteiger partial charge is 0.496 e. The second-order valence-electron chi connectivity index (χ2n) is 4.00. The molecule has 2 aromatic carbocycles. The average Bonchev–Trinajstić information content (AvgIpc) is 2.46. The third kappa shape index (κ3) is 2.73. The topological polar surface area (TPSA) is 38.3 Å². The van der Waals surface area contributed by atoms with Crippen molar-refractivity contribution in [3.8, 4) is 5.75 Å². The van der Waals surface area contributed by atoms with Crippen LogP contribution >= 0.6 is 0 Å². The average molecular weight is 259 g/mol. The van der Waals surface area contributed by atoms with E-state index in [4.69, 9.17) is 4.74 Å². The fourth-order valence-electron chi connectivity index (χ4n) is 1.83. The first-order chi connectivity index (χ1) is 9.15. The first kappa shape index (κ1) is 13.1. The van der Waals surface area contributed by atoms with Crippen LogP contribution in [0.1, 0.15) is 15.9 Å². The molecule has 0 radical (unpaired) electrons. The molecule has 0 saturated carbocycles. The zero-order chi connectivity index (χ0) is 13.8. The summed E-state index contributed by atoms with van der Waals surface area (Å²) in [6.45, 7) is 0. The highest BCUT2D eigenvalue weighted by atomic mass is 19.1. The van der Waals surface area contributed by atoms with Gasteiger partial charge in [-0.15, -0.1) is 0 Å². The van der Waals surface area contributed by atoms with Crippen LogP contribution in [0.3, 0.4) is 0 Å². The molecule has 3 nitrogen and oxygen atoms in total. The van der Waals surface area contributed by atoms with Gasteiger partial charge in [0.05, 0.1) is 12.7 Å². The van der Waals surface area contributed by atoms with E-state index in [0.29, 0.717) is 11.3 Å². The van der Waals surface area contributed by atoms with Gasteiger partial charge in [0.15, 0.2) is 5.78 Å². The Kier molecular flexibility index (Phi) is 3.80. The summed E-state index contributed by atoms with van der Waals surface area (Å²) < 4.78 is 18.4. The smallest absolute Gasteiger partial charge is 0.196 e. The second kappa shape index (κ2) is 5.52. The summed E-state index contributed by atoms with van der Waals surface area (Å²) in [7, 11) is 3.22. The van der Waals surface area contributed by atoms with Crippen LogP contribution in [0.4, 0.5) is 10.1 Å². The third-order valence-corrected chi connectivity index (χ3v) is 2.82. The number of ether oxygens (including phenoxy) is 1. The minimum absolute atomic E-state index is 0.218. The molecule has 0 aliphatic heterocycles. The minimum atomic E-state index is -0.464. The number of anilines is 1. The SMILES string of the molecule is CNc1cccc(C(=O)c2cc(F)ccc2OC)c1. The number of hydrogen-bond donors (Lipinski definition) is 1. The van der Waals surface area contributed by atoms with Crippen molar-refractivity contribution in [1.29, 1.82) is 0 Å². The standard InChI is InChI=1S/C15H14FNO2/c1-17-12-5-3-4-10(8-12)15(18)13-9-11(16)6-7-14(13)19-2/h3-9,17H,1-2H3. The van der Waals surface area contributed by atoms with Gasteiger partial charge in [-0.25, -0.2) is 4.39 Å². The Labute approximate surface area is 111 Å². The summed E-state index contributed by atoms with van der Waals surface area (Å²) in [5, 5.41) is 2.96. The fraction of sp³-hybridized carbons (Fsp3) is 0.133. The normalized spacial score (nSPS) is 10.1. The van der Waals surface area contributed by atoms with Crippen LogP contribution in [0.5, 0.6) is 5.75 Å². The van der Waals surface area contributed by atoms with Crippen molar-refractivity contribution in [3.05, 3.63) is 59.4 Å². The molecule has 4 heteroatoms. The van der Waals surface area contributed by atoms with Crippen LogP contribution in [-0.2, 0) is 0 Å². The van der Waals surface area contributed by atoms with Gasteiger partial charge in [0, 0.05) is 18.3 Å². The fourth-order valence-corrected chi connectivity index (χ4v) is 1.83. The lowest BCUT2D eigenvalue weighted by Crippen LogP contribution is -2.05. The molecule has 0 aromatic heterocycles. The van der Waals surface area contributed by atoms with Crippen molar-refractivity contribution in [2.45, 2.75) is 0 Å². The number of carbonyl (C=O) groups is 1. The van der Waals surface area contributed by atoms with E-state index in [1.807, 2.05) is 6.07 Å². The molecular formula is C15H14FNO2. The molecule has 0 spiro atoms. The monoisotopic (exact) mass is 259 g/mol. The number of benzene rings is 2. The van der Waals surface area contributed by atoms with Gasteiger partial charge in [0.1, 0.15) is 11.6 Å². The van der Waals surface area contributed by atoms with Crippen LogP contribution in [0.2, 0.25) is 0 Å². The highest BCUT2D eigenvalue weighted by molar-refractivity contribution is 6.11. The van der Waals surface area contributed by atoms with Gasteiger partial charge in [-0.05, 0) is 30.3 Å². The van der Waals surface area contributed by atoms with Gasteiger partial charge in [-0.3, -0.25) is 4.79 Å². The van der Waals surface area contributed by atoms with Crippen molar-refractivity contribution in [2.75, 3.05) is 19.5 Å².